The van der Waals surface area contributed by atoms with E-state index in [0.717, 1.165) is 8.58 Å². The Morgan fingerprint density at radius 2 is 2.37 bits per heavy atom. The van der Waals surface area contributed by atoms with Crippen molar-refractivity contribution in [1.29, 1.82) is 0 Å². The lowest BCUT2D eigenvalue weighted by atomic mass is 10.1. The lowest BCUT2D eigenvalue weighted by molar-refractivity contribution is 0.0951. The van der Waals surface area contributed by atoms with Crippen molar-refractivity contribution in [3.63, 3.8) is 0 Å². The Balaban J connectivity index is 1.96. The molecule has 1 aromatic carbocycles. The SMILES string of the molecule is CC(CNC(=O)c1ccc(I)c(Cl)c1)c1nccs1. The van der Waals surface area contributed by atoms with E-state index in [1.54, 1.807) is 29.7 Å². The molecule has 0 aliphatic carbocycles. The number of benzene rings is 1. The van der Waals surface area contributed by atoms with Gasteiger partial charge in [0.2, 0.25) is 0 Å². The fourth-order valence-corrected chi connectivity index (χ4v) is 2.76. The maximum Gasteiger partial charge on any atom is 0.251 e. The fourth-order valence-electron chi connectivity index (χ4n) is 1.55. The minimum Gasteiger partial charge on any atom is -0.351 e. The summed E-state index contributed by atoms with van der Waals surface area (Å²) in [4.78, 5) is 16.2. The quantitative estimate of drug-likeness (QED) is 0.782. The van der Waals surface area contributed by atoms with E-state index < -0.39 is 0 Å². The predicted molar refractivity (Wildman–Crippen MR) is 87.0 cm³/mol. The molecular formula is C13H12ClIN2OS. The van der Waals surface area contributed by atoms with Crippen molar-refractivity contribution in [2.75, 3.05) is 6.54 Å². The minimum atomic E-state index is -0.110. The van der Waals surface area contributed by atoms with Crippen LogP contribution in [0.2, 0.25) is 5.02 Å². The second-order valence-corrected chi connectivity index (χ2v) is 6.61. The van der Waals surface area contributed by atoms with Crippen molar-refractivity contribution in [1.82, 2.24) is 10.3 Å². The zero-order valence-electron chi connectivity index (χ0n) is 10.2. The summed E-state index contributed by atoms with van der Waals surface area (Å²) in [6, 6.07) is 5.30. The first-order valence-electron chi connectivity index (χ1n) is 5.70. The molecule has 3 nitrogen and oxygen atoms in total. The van der Waals surface area contributed by atoms with Crippen LogP contribution >= 0.6 is 45.5 Å². The molecule has 0 spiro atoms. The smallest absolute Gasteiger partial charge is 0.251 e. The highest BCUT2D eigenvalue weighted by Crippen LogP contribution is 2.20. The van der Waals surface area contributed by atoms with Crippen molar-refractivity contribution < 1.29 is 4.79 Å². The average molecular weight is 407 g/mol. The third kappa shape index (κ3) is 3.90. The highest BCUT2D eigenvalue weighted by atomic mass is 127. The monoisotopic (exact) mass is 406 g/mol. The average Bonchev–Trinajstić information content (AvgIpc) is 2.92. The van der Waals surface area contributed by atoms with Gasteiger partial charge in [-0.2, -0.15) is 0 Å². The second kappa shape index (κ2) is 6.67. The van der Waals surface area contributed by atoms with Gasteiger partial charge in [0.05, 0.1) is 10.0 Å². The van der Waals surface area contributed by atoms with Crippen LogP contribution in [0, 0.1) is 3.57 Å². The van der Waals surface area contributed by atoms with E-state index >= 15 is 0 Å². The molecule has 2 rings (SSSR count). The van der Waals surface area contributed by atoms with Crippen LogP contribution in [0.5, 0.6) is 0 Å². The molecule has 0 aliphatic rings. The summed E-state index contributed by atoms with van der Waals surface area (Å²) in [5, 5.41) is 6.46. The first kappa shape index (κ1) is 14.7. The van der Waals surface area contributed by atoms with E-state index in [-0.39, 0.29) is 11.8 Å². The molecule has 0 saturated carbocycles. The maximum atomic E-state index is 12.0. The summed E-state index contributed by atoms with van der Waals surface area (Å²) in [6.45, 7) is 2.61. The summed E-state index contributed by atoms with van der Waals surface area (Å²) in [5.74, 6) is 0.102. The number of hydrogen-bond acceptors (Lipinski definition) is 3. The zero-order valence-corrected chi connectivity index (χ0v) is 13.9. The Hall–Kier alpha value is -0.660. The van der Waals surface area contributed by atoms with Crippen molar-refractivity contribution in [2.45, 2.75) is 12.8 Å². The molecule has 1 unspecified atom stereocenters. The molecule has 1 atom stereocenters. The molecule has 100 valence electrons. The van der Waals surface area contributed by atoms with Gasteiger partial charge in [0.25, 0.3) is 5.91 Å². The van der Waals surface area contributed by atoms with Gasteiger partial charge >= 0.3 is 0 Å². The number of amides is 1. The Bertz CT molecular complexity index is 574. The first-order valence-corrected chi connectivity index (χ1v) is 8.04. The largest absolute Gasteiger partial charge is 0.351 e. The summed E-state index contributed by atoms with van der Waals surface area (Å²) in [5.41, 5.74) is 0.580. The van der Waals surface area contributed by atoms with Gasteiger partial charge in [-0.05, 0) is 40.8 Å². The number of thiazole rings is 1. The van der Waals surface area contributed by atoms with Gasteiger partial charge < -0.3 is 5.32 Å². The molecule has 0 saturated heterocycles. The van der Waals surface area contributed by atoms with Crippen LogP contribution < -0.4 is 5.32 Å². The highest BCUT2D eigenvalue weighted by Gasteiger charge is 2.12. The van der Waals surface area contributed by atoms with Crippen LogP contribution in [-0.4, -0.2) is 17.4 Å². The molecule has 1 N–H and O–H groups in total. The van der Waals surface area contributed by atoms with Gasteiger partial charge in [0.15, 0.2) is 0 Å². The molecule has 1 heterocycles. The van der Waals surface area contributed by atoms with Crippen LogP contribution in [-0.2, 0) is 0 Å². The molecule has 1 amide bonds. The number of aromatic nitrogens is 1. The molecule has 0 radical (unpaired) electrons. The Morgan fingerprint density at radius 1 is 1.58 bits per heavy atom. The van der Waals surface area contributed by atoms with Crippen LogP contribution in [0.1, 0.15) is 28.2 Å². The van der Waals surface area contributed by atoms with E-state index in [4.69, 9.17) is 11.6 Å². The normalized spacial score (nSPS) is 12.2. The highest BCUT2D eigenvalue weighted by molar-refractivity contribution is 14.1. The molecule has 19 heavy (non-hydrogen) atoms. The molecule has 0 bridgehead atoms. The van der Waals surface area contributed by atoms with Gasteiger partial charge in [-0.15, -0.1) is 11.3 Å². The Labute approximate surface area is 134 Å². The number of nitrogens with zero attached hydrogens (tertiary/aromatic N) is 1. The van der Waals surface area contributed by atoms with E-state index in [2.05, 4.69) is 32.9 Å². The predicted octanol–water partition coefficient (Wildman–Crippen LogP) is 3.93. The summed E-state index contributed by atoms with van der Waals surface area (Å²) in [6.07, 6.45) is 1.78. The third-order valence-corrected chi connectivity index (χ3v) is 5.20. The van der Waals surface area contributed by atoms with Crippen molar-refractivity contribution in [3.8, 4) is 0 Å². The summed E-state index contributed by atoms with van der Waals surface area (Å²) >= 11 is 9.74. The summed E-state index contributed by atoms with van der Waals surface area (Å²) < 4.78 is 0.937. The van der Waals surface area contributed by atoms with Crippen molar-refractivity contribution in [2.24, 2.45) is 0 Å². The standard InChI is InChI=1S/C13H12ClIN2OS/c1-8(13-16-4-5-19-13)7-17-12(18)9-2-3-11(15)10(14)6-9/h2-6,8H,7H2,1H3,(H,17,18). The molecule has 6 heteroatoms. The molecular weight excluding hydrogens is 395 g/mol. The Morgan fingerprint density at radius 3 is 3.00 bits per heavy atom. The molecule has 2 aromatic rings. The van der Waals surface area contributed by atoms with E-state index in [1.165, 1.54) is 0 Å². The van der Waals surface area contributed by atoms with E-state index in [9.17, 15) is 4.79 Å². The Kier molecular flexibility index (Phi) is 5.18. The second-order valence-electron chi connectivity index (χ2n) is 4.11. The van der Waals surface area contributed by atoms with Crippen molar-refractivity contribution >= 4 is 51.4 Å². The molecule has 1 aromatic heterocycles. The topological polar surface area (TPSA) is 42.0 Å². The number of halogens is 2. The molecule has 0 fully saturated rings. The number of carbonyl (C=O) groups is 1. The number of nitrogens with one attached hydrogen (secondary N) is 1. The van der Waals surface area contributed by atoms with Crippen LogP contribution in [0.3, 0.4) is 0 Å². The molecule has 0 aliphatic heterocycles. The third-order valence-electron chi connectivity index (χ3n) is 2.62. The fraction of sp³-hybridized carbons (Fsp3) is 0.231. The van der Waals surface area contributed by atoms with Crippen LogP contribution in [0.15, 0.2) is 29.8 Å². The van der Waals surface area contributed by atoms with E-state index in [1.807, 2.05) is 18.4 Å². The van der Waals surface area contributed by atoms with Crippen LogP contribution in [0.4, 0.5) is 0 Å². The summed E-state index contributed by atoms with van der Waals surface area (Å²) in [7, 11) is 0. The number of carbonyl (C=O) groups excluding carboxylic acids is 1. The van der Waals surface area contributed by atoms with Crippen LogP contribution in [0.25, 0.3) is 0 Å². The van der Waals surface area contributed by atoms with Gasteiger partial charge in [0, 0.05) is 33.2 Å². The number of rotatable bonds is 4. The van der Waals surface area contributed by atoms with Gasteiger partial charge in [0.1, 0.15) is 0 Å². The van der Waals surface area contributed by atoms with Gasteiger partial charge in [-0.3, -0.25) is 4.79 Å². The minimum absolute atomic E-state index is 0.110. The number of hydrogen-bond donors (Lipinski definition) is 1. The lowest BCUT2D eigenvalue weighted by Gasteiger charge is -2.10. The van der Waals surface area contributed by atoms with E-state index in [0.29, 0.717) is 17.1 Å². The maximum absolute atomic E-state index is 12.0. The zero-order chi connectivity index (χ0) is 13.8. The van der Waals surface area contributed by atoms with Gasteiger partial charge in [-0.1, -0.05) is 18.5 Å². The van der Waals surface area contributed by atoms with Gasteiger partial charge in [-0.25, -0.2) is 4.98 Å². The van der Waals surface area contributed by atoms with Crippen molar-refractivity contribution in [3.05, 3.63) is 48.9 Å². The lowest BCUT2D eigenvalue weighted by Crippen LogP contribution is -2.27. The first-order chi connectivity index (χ1) is 9.08.